The maximum absolute atomic E-state index is 12.5. The Kier molecular flexibility index (Phi) is 8.81. The number of aromatic nitrogens is 4. The van der Waals surface area contributed by atoms with Crippen LogP contribution in [0, 0.1) is 0 Å². The van der Waals surface area contributed by atoms with Gasteiger partial charge in [-0.25, -0.2) is 10.1 Å². The summed E-state index contributed by atoms with van der Waals surface area (Å²) in [4.78, 5) is 26.4. The Morgan fingerprint density at radius 2 is 1.58 bits per heavy atom. The minimum Gasteiger partial charge on any atom is -0.339 e. The first-order valence-corrected chi connectivity index (χ1v) is 10.8. The van der Waals surface area contributed by atoms with Gasteiger partial charge in [-0.05, 0) is 17.7 Å². The van der Waals surface area contributed by atoms with Crippen LogP contribution in [0.15, 0.2) is 35.3 Å². The molecular weight excluding hydrogens is 465 g/mol. The van der Waals surface area contributed by atoms with Gasteiger partial charge in [0.15, 0.2) is 0 Å². The Morgan fingerprint density at radius 3 is 2.27 bits per heavy atom. The highest BCUT2D eigenvalue weighted by molar-refractivity contribution is 5.90. The third-order valence-electron chi connectivity index (χ3n) is 5.74. The summed E-state index contributed by atoms with van der Waals surface area (Å²) in [5.41, 5.74) is 2.38. The summed E-state index contributed by atoms with van der Waals surface area (Å²) in [6.45, 7) is 8.57. The Labute approximate surface area is 204 Å². The van der Waals surface area contributed by atoms with Gasteiger partial charge in [0.25, 0.3) is 5.56 Å². The molecule has 5 rings (SSSR count). The number of nitrogens with one attached hydrogen (secondary N) is 4. The number of rotatable bonds is 5. The largest absolute Gasteiger partial charge is 0.339 e. The molecule has 0 amide bonds. The normalized spacial score (nSPS) is 16.7. The third kappa shape index (κ3) is 5.90. The summed E-state index contributed by atoms with van der Waals surface area (Å²) in [5.74, 6) is 1.11. The Hall–Kier alpha value is -2.50. The number of anilines is 3. The fourth-order valence-electron chi connectivity index (χ4n) is 4.05. The molecule has 178 valence electrons. The van der Waals surface area contributed by atoms with Gasteiger partial charge in [0, 0.05) is 64.6 Å². The van der Waals surface area contributed by atoms with Crippen molar-refractivity contribution in [3.8, 4) is 0 Å². The molecule has 0 unspecified atom stereocenters. The van der Waals surface area contributed by atoms with Gasteiger partial charge in [0.2, 0.25) is 5.95 Å². The van der Waals surface area contributed by atoms with Crippen molar-refractivity contribution in [1.82, 2.24) is 35.7 Å². The average molecular weight is 494 g/mol. The minimum atomic E-state index is -0.304. The zero-order valence-electron chi connectivity index (χ0n) is 18.2. The lowest BCUT2D eigenvalue weighted by atomic mass is 10.2. The number of fused-ring (bicyclic) bond motifs is 1. The number of nitrogens with zero attached hydrogens (tertiary/aromatic N) is 5. The third-order valence-corrected chi connectivity index (χ3v) is 5.74. The monoisotopic (exact) mass is 493 g/mol. The summed E-state index contributed by atoms with van der Waals surface area (Å²) in [6.07, 6.45) is 1.58. The highest BCUT2D eigenvalue weighted by Gasteiger charge is 2.18. The number of hydrogen-bond acceptors (Lipinski definition) is 9. The second-order valence-corrected chi connectivity index (χ2v) is 7.92. The first-order chi connectivity index (χ1) is 15.3. The van der Waals surface area contributed by atoms with E-state index in [1.165, 1.54) is 5.56 Å². The van der Waals surface area contributed by atoms with Crippen LogP contribution in [0.5, 0.6) is 0 Å². The van der Waals surface area contributed by atoms with E-state index in [0.717, 1.165) is 64.6 Å². The van der Waals surface area contributed by atoms with Crippen molar-refractivity contribution in [3.05, 3.63) is 46.4 Å². The number of H-pyrrole nitrogens is 1. The van der Waals surface area contributed by atoms with Crippen molar-refractivity contribution in [2.45, 2.75) is 6.54 Å². The van der Waals surface area contributed by atoms with Gasteiger partial charge in [0.1, 0.15) is 16.7 Å². The first-order valence-electron chi connectivity index (χ1n) is 10.8. The molecule has 4 heterocycles. The van der Waals surface area contributed by atoms with Crippen LogP contribution in [0.4, 0.5) is 17.5 Å². The van der Waals surface area contributed by atoms with Crippen molar-refractivity contribution in [3.63, 3.8) is 0 Å². The smallest absolute Gasteiger partial charge is 0.277 e. The molecule has 10 nitrogen and oxygen atoms in total. The van der Waals surface area contributed by atoms with E-state index in [1.54, 1.807) is 6.20 Å². The van der Waals surface area contributed by atoms with E-state index < -0.39 is 0 Å². The second-order valence-electron chi connectivity index (χ2n) is 7.92. The first kappa shape index (κ1) is 25.1. The van der Waals surface area contributed by atoms with Crippen LogP contribution in [-0.2, 0) is 6.54 Å². The van der Waals surface area contributed by atoms with Gasteiger partial charge in [0.05, 0.1) is 6.20 Å². The van der Waals surface area contributed by atoms with E-state index >= 15 is 0 Å². The molecule has 12 heteroatoms. The lowest BCUT2D eigenvalue weighted by Gasteiger charge is -2.28. The number of aromatic amines is 1. The van der Waals surface area contributed by atoms with E-state index in [-0.39, 0.29) is 30.4 Å². The molecule has 2 aliphatic rings. The highest BCUT2D eigenvalue weighted by Crippen LogP contribution is 2.24. The van der Waals surface area contributed by atoms with Crippen LogP contribution in [0.2, 0.25) is 0 Å². The van der Waals surface area contributed by atoms with E-state index in [1.807, 2.05) is 12.1 Å². The van der Waals surface area contributed by atoms with Gasteiger partial charge < -0.3 is 20.9 Å². The van der Waals surface area contributed by atoms with Crippen molar-refractivity contribution >= 4 is 53.2 Å². The summed E-state index contributed by atoms with van der Waals surface area (Å²) in [6, 6.07) is 8.31. The molecule has 0 bridgehead atoms. The molecule has 4 N–H and O–H groups in total. The van der Waals surface area contributed by atoms with Crippen LogP contribution in [-0.4, -0.2) is 77.4 Å². The zero-order chi connectivity index (χ0) is 21.0. The molecule has 0 atom stereocenters. The van der Waals surface area contributed by atoms with Gasteiger partial charge in [-0.15, -0.1) is 24.8 Å². The fourth-order valence-corrected chi connectivity index (χ4v) is 4.05. The Morgan fingerprint density at radius 1 is 0.909 bits per heavy atom. The maximum Gasteiger partial charge on any atom is 0.277 e. The van der Waals surface area contributed by atoms with E-state index in [0.29, 0.717) is 22.7 Å². The molecule has 1 aromatic carbocycles. The molecule has 2 fully saturated rings. The fraction of sp³-hybridized carbons (Fsp3) is 0.429. The lowest BCUT2D eigenvalue weighted by Crippen LogP contribution is -2.44. The molecule has 2 aromatic heterocycles. The summed E-state index contributed by atoms with van der Waals surface area (Å²) in [5, 5.41) is 16.9. The number of benzene rings is 1. The van der Waals surface area contributed by atoms with Crippen molar-refractivity contribution in [2.75, 3.05) is 62.6 Å². The minimum absolute atomic E-state index is 0. The van der Waals surface area contributed by atoms with Gasteiger partial charge in [-0.1, -0.05) is 12.1 Å². The Bertz CT molecular complexity index is 1100. The number of hydrogen-bond donors (Lipinski definition) is 4. The van der Waals surface area contributed by atoms with Crippen LogP contribution in [0.25, 0.3) is 10.9 Å². The van der Waals surface area contributed by atoms with Crippen LogP contribution in [0.1, 0.15) is 5.56 Å². The van der Waals surface area contributed by atoms with Crippen LogP contribution >= 0.6 is 24.8 Å². The molecule has 3 aromatic rings. The van der Waals surface area contributed by atoms with Gasteiger partial charge in [-0.2, -0.15) is 10.1 Å². The summed E-state index contributed by atoms with van der Waals surface area (Å²) >= 11 is 0. The average Bonchev–Trinajstić information content (AvgIpc) is 2.81. The van der Waals surface area contributed by atoms with E-state index in [9.17, 15) is 4.79 Å². The van der Waals surface area contributed by atoms with Gasteiger partial charge in [-0.3, -0.25) is 9.69 Å². The Balaban J connectivity index is 0.00000153. The van der Waals surface area contributed by atoms with Crippen LogP contribution in [0.3, 0.4) is 0 Å². The molecule has 2 saturated heterocycles. The quantitative estimate of drug-likeness (QED) is 0.414. The van der Waals surface area contributed by atoms with Crippen molar-refractivity contribution < 1.29 is 0 Å². The standard InChI is InChI=1S/C21H27N9O.2ClH/c31-20-18-17(13-24-28-20)26-21(30-11-7-23-8-12-30)27-19(18)25-16-3-1-15(2-4-16)14-29-9-5-22-6-10-29;;/h1-4,13,22-23H,5-12,14H2,(H,28,31)(H,25,26,27);2*1H. The van der Waals surface area contributed by atoms with E-state index in [4.69, 9.17) is 4.98 Å². The molecule has 0 aliphatic carbocycles. The SMILES string of the molecule is Cl.Cl.O=c1[nH]ncc2nc(N3CCNCC3)nc(Nc3ccc(CN4CCNCC4)cc3)c12. The number of piperazine rings is 2. The maximum atomic E-state index is 12.5. The molecule has 0 spiro atoms. The molecule has 2 aliphatic heterocycles. The molecule has 0 saturated carbocycles. The van der Waals surface area contributed by atoms with E-state index in [2.05, 4.69) is 53.1 Å². The zero-order valence-corrected chi connectivity index (χ0v) is 19.8. The topological polar surface area (TPSA) is 114 Å². The number of halogens is 2. The molecular formula is C21H29Cl2N9O. The summed E-state index contributed by atoms with van der Waals surface area (Å²) in [7, 11) is 0. The second kappa shape index (κ2) is 11.6. The molecule has 0 radical (unpaired) electrons. The lowest BCUT2D eigenvalue weighted by molar-refractivity contribution is 0.233. The van der Waals surface area contributed by atoms with Crippen LogP contribution < -0.4 is 26.4 Å². The predicted molar refractivity (Wildman–Crippen MR) is 135 cm³/mol. The van der Waals surface area contributed by atoms with Gasteiger partial charge >= 0.3 is 0 Å². The summed E-state index contributed by atoms with van der Waals surface area (Å²) < 4.78 is 0. The highest BCUT2D eigenvalue weighted by atomic mass is 35.5. The molecule has 33 heavy (non-hydrogen) atoms. The van der Waals surface area contributed by atoms with Crippen molar-refractivity contribution in [1.29, 1.82) is 0 Å². The van der Waals surface area contributed by atoms with Crippen molar-refractivity contribution in [2.24, 2.45) is 0 Å². The predicted octanol–water partition coefficient (Wildman–Crippen LogP) is 1.12.